The van der Waals surface area contributed by atoms with E-state index >= 15 is 0 Å². The molecule has 0 spiro atoms. The second-order valence-electron chi connectivity index (χ2n) is 1.83. The molecular weight excluding hydrogens is 542 g/mol. The summed E-state index contributed by atoms with van der Waals surface area (Å²) in [6, 6.07) is 0. The third-order valence-corrected chi connectivity index (χ3v) is 0.549. The van der Waals surface area contributed by atoms with Gasteiger partial charge < -0.3 is 30.6 Å². The SMILES string of the molecule is O=C(O)C(=O)O.O=C(O)C(=O)O.O=C(O)C(=O)O.[La].[La]. The van der Waals surface area contributed by atoms with Crippen molar-refractivity contribution >= 4 is 35.8 Å². The number of carboxylic acid groups (broad SMARTS) is 6. The fourth-order valence-electron chi connectivity index (χ4n) is 0. The Kier molecular flexibility index (Phi) is 28.7. The van der Waals surface area contributed by atoms with E-state index in [2.05, 4.69) is 0 Å². The molecule has 14 heteroatoms. The number of hydrogen-bond donors (Lipinski definition) is 6. The van der Waals surface area contributed by atoms with E-state index in [0.29, 0.717) is 0 Å². The van der Waals surface area contributed by atoms with E-state index in [-0.39, 0.29) is 71.2 Å². The van der Waals surface area contributed by atoms with E-state index in [9.17, 15) is 0 Å². The number of carbonyl (C=O) groups is 6. The van der Waals surface area contributed by atoms with Crippen LogP contribution in [0.5, 0.6) is 0 Å². The van der Waals surface area contributed by atoms with Crippen LogP contribution in [0.2, 0.25) is 0 Å². The summed E-state index contributed by atoms with van der Waals surface area (Å²) in [6.45, 7) is 0. The van der Waals surface area contributed by atoms with Gasteiger partial charge in [0.1, 0.15) is 0 Å². The molecule has 2 radical (unpaired) electrons. The summed E-state index contributed by atoms with van der Waals surface area (Å²) in [6.07, 6.45) is 0. The van der Waals surface area contributed by atoms with Gasteiger partial charge in [-0.05, 0) is 0 Å². The molecule has 0 aromatic carbocycles. The van der Waals surface area contributed by atoms with Crippen LogP contribution in [-0.2, 0) is 28.8 Å². The van der Waals surface area contributed by atoms with Crippen molar-refractivity contribution in [1.29, 1.82) is 0 Å². The molecule has 0 fully saturated rings. The number of aliphatic carboxylic acids is 6. The van der Waals surface area contributed by atoms with E-state index in [1.165, 1.54) is 0 Å². The monoisotopic (exact) mass is 548 g/mol. The van der Waals surface area contributed by atoms with Crippen molar-refractivity contribution in [2.75, 3.05) is 0 Å². The second-order valence-corrected chi connectivity index (χ2v) is 1.83. The van der Waals surface area contributed by atoms with Gasteiger partial charge in [0.05, 0.1) is 0 Å². The molecule has 0 saturated carbocycles. The molecule has 0 rings (SSSR count). The fraction of sp³-hybridized carbons (Fsp3) is 0. The maximum atomic E-state index is 9.10. The summed E-state index contributed by atoms with van der Waals surface area (Å²) < 4.78 is 0. The molecule has 12 nitrogen and oxygen atoms in total. The molecular formula is C6H6La2O12. The van der Waals surface area contributed by atoms with Gasteiger partial charge in [-0.2, -0.15) is 0 Å². The van der Waals surface area contributed by atoms with Crippen LogP contribution < -0.4 is 0 Å². The Morgan fingerprint density at radius 1 is 0.350 bits per heavy atom. The van der Waals surface area contributed by atoms with Crippen LogP contribution in [0.3, 0.4) is 0 Å². The summed E-state index contributed by atoms with van der Waals surface area (Å²) in [4.78, 5) is 54.6. The van der Waals surface area contributed by atoms with Crippen molar-refractivity contribution in [3.63, 3.8) is 0 Å². The minimum absolute atomic E-state index is 0. The van der Waals surface area contributed by atoms with Gasteiger partial charge in [0.25, 0.3) is 0 Å². The first-order valence-corrected chi connectivity index (χ1v) is 3.32. The summed E-state index contributed by atoms with van der Waals surface area (Å²) in [5.41, 5.74) is 0. The molecule has 6 N–H and O–H groups in total. The standard InChI is InChI=1S/3C2H2O4.2La/c3*3-1(4)2(5)6;;/h3*(H,3,4)(H,5,6);;. The van der Waals surface area contributed by atoms with E-state index in [1.54, 1.807) is 0 Å². The molecule has 0 aliphatic heterocycles. The van der Waals surface area contributed by atoms with Crippen LogP contribution in [-0.4, -0.2) is 66.5 Å². The Labute approximate surface area is 165 Å². The van der Waals surface area contributed by atoms with Crippen molar-refractivity contribution in [2.24, 2.45) is 0 Å². The van der Waals surface area contributed by atoms with Crippen LogP contribution in [0, 0.1) is 71.2 Å². The van der Waals surface area contributed by atoms with E-state index in [1.807, 2.05) is 0 Å². The largest absolute Gasteiger partial charge is 0.473 e. The average Bonchev–Trinajstić information content (AvgIpc) is 2.18. The molecule has 108 valence electrons. The minimum Gasteiger partial charge on any atom is -0.473 e. The van der Waals surface area contributed by atoms with E-state index in [0.717, 1.165) is 0 Å². The first-order valence-electron chi connectivity index (χ1n) is 3.32. The van der Waals surface area contributed by atoms with Crippen molar-refractivity contribution < 1.29 is 131 Å². The summed E-state index contributed by atoms with van der Waals surface area (Å²) in [5, 5.41) is 44.3. The maximum Gasteiger partial charge on any atom is 0.414 e. The third-order valence-electron chi connectivity index (χ3n) is 0.549. The summed E-state index contributed by atoms with van der Waals surface area (Å²) in [7, 11) is 0. The van der Waals surface area contributed by atoms with Gasteiger partial charge in [-0.25, -0.2) is 28.8 Å². The van der Waals surface area contributed by atoms with Gasteiger partial charge in [0, 0.05) is 71.2 Å². The molecule has 0 aromatic heterocycles. The van der Waals surface area contributed by atoms with Crippen LogP contribution >= 0.6 is 0 Å². The Morgan fingerprint density at radius 2 is 0.400 bits per heavy atom. The van der Waals surface area contributed by atoms with Gasteiger partial charge in [0.2, 0.25) is 0 Å². The topological polar surface area (TPSA) is 224 Å². The Balaban J connectivity index is -0.0000000536. The zero-order chi connectivity index (χ0) is 15.5. The van der Waals surface area contributed by atoms with E-state index < -0.39 is 35.8 Å². The predicted molar refractivity (Wildman–Crippen MR) is 45.8 cm³/mol. The molecule has 0 saturated heterocycles. The van der Waals surface area contributed by atoms with E-state index in [4.69, 9.17) is 59.4 Å². The van der Waals surface area contributed by atoms with Gasteiger partial charge in [-0.15, -0.1) is 0 Å². The zero-order valence-electron chi connectivity index (χ0n) is 9.29. The van der Waals surface area contributed by atoms with Gasteiger partial charge in [0.15, 0.2) is 0 Å². The predicted octanol–water partition coefficient (Wildman–Crippen LogP) is -2.53. The molecule has 0 amide bonds. The van der Waals surface area contributed by atoms with Crippen LogP contribution in [0.25, 0.3) is 0 Å². The van der Waals surface area contributed by atoms with Crippen molar-refractivity contribution in [3.8, 4) is 0 Å². The quantitative estimate of drug-likeness (QED) is 0.173. The Hall–Kier alpha value is -0.790. The molecule has 0 aliphatic carbocycles. The normalized spacial score (nSPS) is 6.60. The van der Waals surface area contributed by atoms with Crippen molar-refractivity contribution in [3.05, 3.63) is 0 Å². The first kappa shape index (κ1) is 31.5. The molecule has 0 unspecified atom stereocenters. The fourth-order valence-corrected chi connectivity index (χ4v) is 0. The van der Waals surface area contributed by atoms with Crippen LogP contribution in [0.15, 0.2) is 0 Å². The van der Waals surface area contributed by atoms with Crippen LogP contribution in [0.4, 0.5) is 0 Å². The Bertz CT molecular complexity index is 281. The molecule has 0 bridgehead atoms. The minimum atomic E-state index is -1.82. The van der Waals surface area contributed by atoms with Gasteiger partial charge >= 0.3 is 35.8 Å². The zero-order valence-corrected chi connectivity index (χ0v) is 16.5. The maximum absolute atomic E-state index is 9.10. The number of hydrogen-bond acceptors (Lipinski definition) is 6. The molecule has 0 aliphatic rings. The smallest absolute Gasteiger partial charge is 0.414 e. The average molecular weight is 548 g/mol. The molecule has 20 heavy (non-hydrogen) atoms. The number of carboxylic acids is 6. The molecule has 0 heterocycles. The third kappa shape index (κ3) is 36.0. The molecule has 0 atom stereocenters. The summed E-state index contributed by atoms with van der Waals surface area (Å²) >= 11 is 0. The van der Waals surface area contributed by atoms with Crippen molar-refractivity contribution in [1.82, 2.24) is 0 Å². The second kappa shape index (κ2) is 18.2. The van der Waals surface area contributed by atoms with Gasteiger partial charge in [-0.3, -0.25) is 0 Å². The number of rotatable bonds is 0. The molecule has 0 aromatic rings. The first-order chi connectivity index (χ1) is 7.93. The van der Waals surface area contributed by atoms with Crippen LogP contribution in [0.1, 0.15) is 0 Å². The summed E-state index contributed by atoms with van der Waals surface area (Å²) in [5.74, 6) is -10.9. The Morgan fingerprint density at radius 3 is 0.400 bits per heavy atom. The van der Waals surface area contributed by atoms with Crippen molar-refractivity contribution in [2.45, 2.75) is 0 Å². The van der Waals surface area contributed by atoms with Gasteiger partial charge in [-0.1, -0.05) is 0 Å².